The van der Waals surface area contributed by atoms with Gasteiger partial charge in [0.15, 0.2) is 12.1 Å². The third kappa shape index (κ3) is 2.97. The van der Waals surface area contributed by atoms with Gasteiger partial charge in [-0.15, -0.1) is 0 Å². The topological polar surface area (TPSA) is 81.5 Å². The number of benzene rings is 2. The van der Waals surface area contributed by atoms with Gasteiger partial charge in [0.25, 0.3) is 5.91 Å². The van der Waals surface area contributed by atoms with Crippen molar-refractivity contribution in [1.82, 2.24) is 4.90 Å². The number of urea groups is 1. The molecule has 0 radical (unpaired) electrons. The van der Waals surface area contributed by atoms with Crippen LogP contribution in [0, 0.1) is 23.0 Å². The summed E-state index contributed by atoms with van der Waals surface area (Å²) in [4.78, 5) is 42.3. The lowest BCUT2D eigenvalue weighted by molar-refractivity contribution is -0.852. The van der Waals surface area contributed by atoms with Crippen LogP contribution in [0.5, 0.6) is 0 Å². The van der Waals surface area contributed by atoms with Gasteiger partial charge < -0.3 is 0 Å². The second-order valence-corrected chi connectivity index (χ2v) is 8.46. The summed E-state index contributed by atoms with van der Waals surface area (Å²) in [5, 5.41) is 9.00. The molecule has 4 atom stereocenters. The molecule has 174 valence electrons. The highest BCUT2D eigenvalue weighted by Crippen LogP contribution is 2.45. The van der Waals surface area contributed by atoms with Crippen LogP contribution in [-0.2, 0) is 11.0 Å². The van der Waals surface area contributed by atoms with E-state index in [1.165, 1.54) is 6.07 Å². The second-order valence-electron chi connectivity index (χ2n) is 8.46. The predicted molar refractivity (Wildman–Crippen MR) is 104 cm³/mol. The van der Waals surface area contributed by atoms with E-state index in [2.05, 4.69) is 0 Å². The molecule has 0 aromatic heterocycles. The van der Waals surface area contributed by atoms with Crippen molar-refractivity contribution in [3.05, 3.63) is 64.7 Å². The minimum atomic E-state index is -4.90. The van der Waals surface area contributed by atoms with Crippen molar-refractivity contribution in [2.24, 2.45) is 0 Å². The number of amides is 3. The number of carbonyl (C=O) groups excluding carboxylic acids is 3. The molecule has 0 N–H and O–H groups in total. The monoisotopic (exact) mass is 477 g/mol. The SMILES string of the molecule is N#Cc1ccc(N2C(=O)C3CN4CC(C(=O)c5cc(F)cc(F)c5)[N+]3(C4)C2=O)cc1C(F)(F)F. The third-order valence-electron chi connectivity index (χ3n) is 6.60. The van der Waals surface area contributed by atoms with Crippen molar-refractivity contribution in [2.75, 3.05) is 24.7 Å². The highest BCUT2D eigenvalue weighted by molar-refractivity contribution is 6.19. The van der Waals surface area contributed by atoms with Crippen molar-refractivity contribution in [2.45, 2.75) is 18.3 Å². The molecule has 3 saturated heterocycles. The molecule has 3 aliphatic heterocycles. The summed E-state index contributed by atoms with van der Waals surface area (Å²) >= 11 is 0. The first-order valence-corrected chi connectivity index (χ1v) is 10.1. The first-order chi connectivity index (χ1) is 16.0. The van der Waals surface area contributed by atoms with Crippen LogP contribution < -0.4 is 4.90 Å². The predicted octanol–water partition coefficient (Wildman–Crippen LogP) is 3.05. The van der Waals surface area contributed by atoms with Crippen molar-refractivity contribution in [3.63, 3.8) is 0 Å². The van der Waals surface area contributed by atoms with E-state index < -0.39 is 63.2 Å². The number of quaternary nitrogens is 1. The van der Waals surface area contributed by atoms with Gasteiger partial charge in [-0.25, -0.2) is 23.0 Å². The molecule has 2 bridgehead atoms. The molecule has 3 amide bonds. The molecule has 2 aromatic rings. The Kier molecular flexibility index (Phi) is 4.65. The Morgan fingerprint density at radius 1 is 1.06 bits per heavy atom. The van der Waals surface area contributed by atoms with Gasteiger partial charge in [0.05, 0.1) is 36.0 Å². The van der Waals surface area contributed by atoms with Crippen molar-refractivity contribution in [3.8, 4) is 6.07 Å². The van der Waals surface area contributed by atoms with Crippen LogP contribution in [0.3, 0.4) is 0 Å². The van der Waals surface area contributed by atoms with Gasteiger partial charge in [-0.1, -0.05) is 0 Å². The molecule has 1 spiro atoms. The van der Waals surface area contributed by atoms with E-state index in [0.29, 0.717) is 17.0 Å². The van der Waals surface area contributed by atoms with Gasteiger partial charge in [0.1, 0.15) is 18.3 Å². The van der Waals surface area contributed by atoms with Crippen molar-refractivity contribution < 1.29 is 40.8 Å². The maximum atomic E-state index is 13.7. The Morgan fingerprint density at radius 2 is 1.74 bits per heavy atom. The zero-order valence-corrected chi connectivity index (χ0v) is 17.1. The number of anilines is 1. The summed E-state index contributed by atoms with van der Waals surface area (Å²) in [5.41, 5.74) is -2.65. The molecule has 3 aliphatic rings. The number of piperazine rings is 1. The fourth-order valence-electron chi connectivity index (χ4n) is 5.17. The van der Waals surface area contributed by atoms with Crippen molar-refractivity contribution >= 4 is 23.4 Å². The summed E-state index contributed by atoms with van der Waals surface area (Å²) in [6.07, 6.45) is -4.90. The van der Waals surface area contributed by atoms with E-state index in [0.717, 1.165) is 24.3 Å². The fraction of sp³-hybridized carbons (Fsp3) is 0.273. The minimum Gasteiger partial charge on any atom is -0.287 e. The number of Topliss-reactive ketones (excluding diaryl/α,β-unsaturated/α-hetero) is 1. The molecule has 0 saturated carbocycles. The highest BCUT2D eigenvalue weighted by atomic mass is 19.4. The zero-order chi connectivity index (χ0) is 24.6. The van der Waals surface area contributed by atoms with Gasteiger partial charge in [-0.05, 0) is 30.3 Å². The number of carbonyl (C=O) groups is 3. The highest BCUT2D eigenvalue weighted by Gasteiger charge is 2.73. The van der Waals surface area contributed by atoms with E-state index in [1.54, 1.807) is 4.90 Å². The average molecular weight is 477 g/mol. The van der Waals surface area contributed by atoms with Gasteiger partial charge in [0, 0.05) is 11.6 Å². The second kappa shape index (κ2) is 7.15. The number of halogens is 5. The van der Waals surface area contributed by atoms with E-state index in [-0.39, 0.29) is 31.0 Å². The van der Waals surface area contributed by atoms with Crippen LogP contribution in [0.15, 0.2) is 36.4 Å². The van der Waals surface area contributed by atoms with E-state index in [9.17, 15) is 36.3 Å². The first kappa shape index (κ1) is 22.1. The van der Waals surface area contributed by atoms with Gasteiger partial charge >= 0.3 is 12.2 Å². The lowest BCUT2D eigenvalue weighted by Gasteiger charge is -2.32. The van der Waals surface area contributed by atoms with Crippen LogP contribution in [0.1, 0.15) is 21.5 Å². The normalized spacial score (nSPS) is 27.8. The number of nitriles is 1. The molecule has 2 aromatic carbocycles. The fourth-order valence-corrected chi connectivity index (χ4v) is 5.17. The van der Waals surface area contributed by atoms with Gasteiger partial charge in [-0.2, -0.15) is 23.3 Å². The summed E-state index contributed by atoms with van der Waals surface area (Å²) in [7, 11) is 0. The van der Waals surface area contributed by atoms with Crippen molar-refractivity contribution in [1.29, 1.82) is 5.26 Å². The Hall–Kier alpha value is -3.69. The summed E-state index contributed by atoms with van der Waals surface area (Å²) in [6, 6.07) is 3.06. The van der Waals surface area contributed by atoms with Gasteiger partial charge in [-0.3, -0.25) is 9.59 Å². The summed E-state index contributed by atoms with van der Waals surface area (Å²) < 4.78 is 67.0. The Labute approximate surface area is 188 Å². The molecular formula is C22H14F5N4O3+. The Balaban J connectivity index is 1.57. The van der Waals surface area contributed by atoms with Crippen LogP contribution in [-0.4, -0.2) is 58.9 Å². The zero-order valence-electron chi connectivity index (χ0n) is 17.1. The quantitative estimate of drug-likeness (QED) is 0.294. The smallest absolute Gasteiger partial charge is 0.287 e. The molecule has 12 heteroatoms. The molecular weight excluding hydrogens is 463 g/mol. The number of hydrogen-bond acceptors (Lipinski definition) is 5. The van der Waals surface area contributed by atoms with Crippen LogP contribution in [0.25, 0.3) is 0 Å². The largest absolute Gasteiger partial charge is 0.433 e. The molecule has 7 nitrogen and oxygen atoms in total. The number of hydrogen-bond donors (Lipinski definition) is 0. The van der Waals surface area contributed by atoms with E-state index in [4.69, 9.17) is 5.26 Å². The molecule has 34 heavy (non-hydrogen) atoms. The molecule has 3 fully saturated rings. The third-order valence-corrected chi connectivity index (χ3v) is 6.60. The standard InChI is InChI=1S/C22H14F5N4O3/c23-13-3-12(4-14(24)5-13)19(32)17-8-29-9-18-20(33)30(21(34)31(17,18)10-29)15-2-1-11(7-28)16(6-15)22(25,26)27/h1-6,17-18H,8-10H2/q+1. The number of imide groups is 1. The Morgan fingerprint density at radius 3 is 2.35 bits per heavy atom. The Bertz CT molecular complexity index is 1300. The van der Waals surface area contributed by atoms with Gasteiger partial charge in [0.2, 0.25) is 5.78 Å². The summed E-state index contributed by atoms with van der Waals surface area (Å²) in [5.74, 6) is -3.50. The molecule has 4 unspecified atom stereocenters. The lowest BCUT2D eigenvalue weighted by Crippen LogP contribution is -2.62. The number of nitrogens with zero attached hydrogens (tertiary/aromatic N) is 4. The number of alkyl halides is 3. The number of fused-ring (bicyclic) bond motifs is 1. The molecule has 5 rings (SSSR count). The van der Waals surface area contributed by atoms with Crippen LogP contribution in [0.2, 0.25) is 0 Å². The first-order valence-electron chi connectivity index (χ1n) is 10.1. The average Bonchev–Trinajstić information content (AvgIpc) is 3.40. The van der Waals surface area contributed by atoms with Crippen LogP contribution in [0.4, 0.5) is 32.4 Å². The number of ketones is 1. The lowest BCUT2D eigenvalue weighted by atomic mass is 9.98. The molecule has 0 aliphatic carbocycles. The number of rotatable bonds is 3. The van der Waals surface area contributed by atoms with Crippen LogP contribution >= 0.6 is 0 Å². The van der Waals surface area contributed by atoms with E-state index >= 15 is 0 Å². The molecule has 3 heterocycles. The maximum absolute atomic E-state index is 13.7. The minimum absolute atomic E-state index is 0.0393. The van der Waals surface area contributed by atoms with E-state index in [1.807, 2.05) is 0 Å². The summed E-state index contributed by atoms with van der Waals surface area (Å²) in [6.45, 7) is 0.106. The maximum Gasteiger partial charge on any atom is 0.433 e.